The summed E-state index contributed by atoms with van der Waals surface area (Å²) in [4.78, 5) is 10.5. The Morgan fingerprint density at radius 1 is 1.31 bits per heavy atom. The van der Waals surface area contributed by atoms with Gasteiger partial charge in [-0.25, -0.2) is 0 Å². The summed E-state index contributed by atoms with van der Waals surface area (Å²) in [5.74, 6) is 0.861. The Morgan fingerprint density at radius 3 is 2.52 bits per heavy atom. The number of hydrogen-bond donors (Lipinski definition) is 2. The average molecular weight is 398 g/mol. The molecule has 5 nitrogen and oxygen atoms in total. The molecule has 1 atom stereocenters. The summed E-state index contributed by atoms with van der Waals surface area (Å²) >= 11 is 0. The SMILES string of the molecule is C=CN=C(C)CNCN1C(=N)C(C)(C)C(=C)/C1=C\C(CCC)/C(C)=C/C(C)=NC. The molecule has 160 valence electrons. The van der Waals surface area contributed by atoms with Crippen LogP contribution in [0.2, 0.25) is 0 Å². The lowest BCUT2D eigenvalue weighted by Gasteiger charge is -2.24. The van der Waals surface area contributed by atoms with E-state index in [1.807, 2.05) is 25.8 Å². The summed E-state index contributed by atoms with van der Waals surface area (Å²) in [6, 6.07) is 0. The number of hydrogen-bond acceptors (Lipinski definition) is 4. The largest absolute Gasteiger partial charge is 0.316 e. The van der Waals surface area contributed by atoms with Gasteiger partial charge in [0.05, 0.1) is 6.67 Å². The molecular weight excluding hydrogens is 358 g/mol. The van der Waals surface area contributed by atoms with Crippen molar-refractivity contribution in [2.24, 2.45) is 21.3 Å². The van der Waals surface area contributed by atoms with Crippen LogP contribution >= 0.6 is 0 Å². The summed E-state index contributed by atoms with van der Waals surface area (Å²) in [6.07, 6.45) is 8.14. The molecule has 1 unspecified atom stereocenters. The van der Waals surface area contributed by atoms with Crippen LogP contribution in [-0.2, 0) is 0 Å². The highest BCUT2D eigenvalue weighted by Gasteiger charge is 2.42. The van der Waals surface area contributed by atoms with Gasteiger partial charge in [-0.1, -0.05) is 38.2 Å². The van der Waals surface area contributed by atoms with Crippen LogP contribution in [0.4, 0.5) is 0 Å². The number of nitrogens with zero attached hydrogens (tertiary/aromatic N) is 3. The second kappa shape index (κ2) is 11.1. The van der Waals surface area contributed by atoms with Gasteiger partial charge in [-0.15, -0.1) is 0 Å². The number of amidine groups is 1. The van der Waals surface area contributed by atoms with Gasteiger partial charge in [0.15, 0.2) is 0 Å². The first-order valence-electron chi connectivity index (χ1n) is 10.3. The van der Waals surface area contributed by atoms with E-state index in [1.54, 1.807) is 6.20 Å². The first-order chi connectivity index (χ1) is 13.6. The van der Waals surface area contributed by atoms with Crippen LogP contribution in [0.5, 0.6) is 0 Å². The molecule has 1 saturated heterocycles. The number of likely N-dealkylation sites (tertiary alicyclic amines) is 1. The molecule has 0 aliphatic carbocycles. The van der Waals surface area contributed by atoms with Crippen molar-refractivity contribution >= 4 is 17.3 Å². The van der Waals surface area contributed by atoms with E-state index in [0.717, 1.165) is 35.5 Å². The molecule has 0 bridgehead atoms. The maximum atomic E-state index is 8.74. The Kier molecular flexibility index (Phi) is 9.44. The van der Waals surface area contributed by atoms with Crippen molar-refractivity contribution in [3.05, 3.63) is 48.4 Å². The van der Waals surface area contributed by atoms with Gasteiger partial charge in [0.25, 0.3) is 0 Å². The molecule has 2 N–H and O–H groups in total. The Labute approximate surface area is 177 Å². The van der Waals surface area contributed by atoms with E-state index in [9.17, 15) is 0 Å². The van der Waals surface area contributed by atoms with Crippen molar-refractivity contribution in [2.75, 3.05) is 20.3 Å². The number of allylic oxidation sites excluding steroid dienone is 4. The van der Waals surface area contributed by atoms with E-state index < -0.39 is 0 Å². The molecule has 1 aliphatic heterocycles. The molecule has 0 amide bonds. The molecule has 1 fully saturated rings. The zero-order chi connectivity index (χ0) is 22.2. The first kappa shape index (κ1) is 24.8. The smallest absolute Gasteiger partial charge is 0.112 e. The molecule has 0 radical (unpaired) electrons. The summed E-state index contributed by atoms with van der Waals surface area (Å²) < 4.78 is 0. The third-order valence-corrected chi connectivity index (χ3v) is 5.51. The molecule has 0 spiro atoms. The molecular formula is C24H39N5. The van der Waals surface area contributed by atoms with E-state index in [2.05, 4.69) is 68.3 Å². The summed E-state index contributed by atoms with van der Waals surface area (Å²) in [7, 11) is 1.82. The third-order valence-electron chi connectivity index (χ3n) is 5.51. The van der Waals surface area contributed by atoms with Crippen LogP contribution in [0.3, 0.4) is 0 Å². The maximum Gasteiger partial charge on any atom is 0.112 e. The van der Waals surface area contributed by atoms with Gasteiger partial charge >= 0.3 is 0 Å². The number of aliphatic imine (C=N–C) groups is 2. The zero-order valence-corrected chi connectivity index (χ0v) is 19.4. The minimum absolute atomic E-state index is 0.289. The van der Waals surface area contributed by atoms with Gasteiger partial charge in [-0.05, 0) is 52.7 Å². The lowest BCUT2D eigenvalue weighted by molar-refractivity contribution is 0.471. The van der Waals surface area contributed by atoms with Gasteiger partial charge in [0, 0.05) is 48.2 Å². The third kappa shape index (κ3) is 6.36. The lowest BCUT2D eigenvalue weighted by Crippen LogP contribution is -2.38. The second-order valence-corrected chi connectivity index (χ2v) is 8.21. The van der Waals surface area contributed by atoms with Crippen LogP contribution in [0, 0.1) is 16.7 Å². The summed E-state index contributed by atoms with van der Waals surface area (Å²) in [5.41, 5.74) is 4.93. The van der Waals surface area contributed by atoms with E-state index in [4.69, 9.17) is 5.41 Å². The lowest BCUT2D eigenvalue weighted by atomic mass is 9.85. The highest BCUT2D eigenvalue weighted by atomic mass is 15.3. The van der Waals surface area contributed by atoms with Crippen molar-refractivity contribution in [1.82, 2.24) is 10.2 Å². The van der Waals surface area contributed by atoms with Crippen molar-refractivity contribution < 1.29 is 0 Å². The summed E-state index contributed by atoms with van der Waals surface area (Å²) in [5, 5.41) is 12.1. The van der Waals surface area contributed by atoms with Crippen molar-refractivity contribution in [3.63, 3.8) is 0 Å². The van der Waals surface area contributed by atoms with Crippen molar-refractivity contribution in [2.45, 2.75) is 54.4 Å². The summed E-state index contributed by atoms with van der Waals surface area (Å²) in [6.45, 7) is 21.7. The molecule has 0 aromatic carbocycles. The van der Waals surface area contributed by atoms with E-state index in [-0.39, 0.29) is 11.3 Å². The van der Waals surface area contributed by atoms with E-state index in [1.165, 1.54) is 5.57 Å². The fourth-order valence-electron chi connectivity index (χ4n) is 3.43. The molecule has 29 heavy (non-hydrogen) atoms. The van der Waals surface area contributed by atoms with Crippen LogP contribution in [0.15, 0.2) is 58.3 Å². The average Bonchev–Trinajstić information content (AvgIpc) is 2.82. The molecule has 0 saturated carbocycles. The van der Waals surface area contributed by atoms with Gasteiger partial charge < -0.3 is 4.90 Å². The molecule has 1 aliphatic rings. The highest BCUT2D eigenvalue weighted by molar-refractivity contribution is 5.95. The monoisotopic (exact) mass is 397 g/mol. The molecule has 1 heterocycles. The first-order valence-corrected chi connectivity index (χ1v) is 10.3. The normalized spacial score (nSPS) is 20.6. The second-order valence-electron chi connectivity index (χ2n) is 8.21. The fourth-order valence-corrected chi connectivity index (χ4v) is 3.43. The number of nitrogens with one attached hydrogen (secondary N) is 2. The Balaban J connectivity index is 3.23. The quantitative estimate of drug-likeness (QED) is 0.488. The van der Waals surface area contributed by atoms with Crippen molar-refractivity contribution in [3.8, 4) is 0 Å². The van der Waals surface area contributed by atoms with E-state index in [0.29, 0.717) is 19.0 Å². The number of rotatable bonds is 10. The Morgan fingerprint density at radius 2 is 1.97 bits per heavy atom. The van der Waals surface area contributed by atoms with Crippen LogP contribution < -0.4 is 5.32 Å². The minimum atomic E-state index is -0.382. The zero-order valence-electron chi connectivity index (χ0n) is 19.4. The highest BCUT2D eigenvalue weighted by Crippen LogP contribution is 2.43. The minimum Gasteiger partial charge on any atom is -0.316 e. The van der Waals surface area contributed by atoms with Crippen LogP contribution in [0.25, 0.3) is 0 Å². The standard InChI is InChI=1S/C24H39N5/c1-10-12-21(17(3)13-18(4)26-9)14-22-20(6)24(7,8)23(25)29(22)16-27-15-19(5)28-11-2/h11,13-14,21,25,27H,2,6,10,12,15-16H2,1,3-5,7-9H3/b17-13+,22-14+,25-23?,26-18?,28-19?. The molecule has 5 heteroatoms. The topological polar surface area (TPSA) is 63.8 Å². The van der Waals surface area contributed by atoms with Crippen molar-refractivity contribution in [1.29, 1.82) is 5.41 Å². The molecule has 1 rings (SSSR count). The molecule has 0 aromatic rings. The van der Waals surface area contributed by atoms with Gasteiger partial charge in [0.1, 0.15) is 5.84 Å². The Bertz CT molecular complexity index is 749. The van der Waals surface area contributed by atoms with Crippen LogP contribution in [-0.4, -0.2) is 42.4 Å². The maximum absolute atomic E-state index is 8.74. The predicted octanol–water partition coefficient (Wildman–Crippen LogP) is 5.35. The molecule has 0 aromatic heterocycles. The van der Waals surface area contributed by atoms with Crippen LogP contribution in [0.1, 0.15) is 54.4 Å². The van der Waals surface area contributed by atoms with Gasteiger partial charge in [-0.2, -0.15) is 0 Å². The fraction of sp³-hybridized carbons (Fsp3) is 0.542. The van der Waals surface area contributed by atoms with Gasteiger partial charge in [-0.3, -0.25) is 20.7 Å². The van der Waals surface area contributed by atoms with Gasteiger partial charge in [0.2, 0.25) is 0 Å². The Hall–Kier alpha value is -2.27. The van der Waals surface area contributed by atoms with E-state index >= 15 is 0 Å². The predicted molar refractivity (Wildman–Crippen MR) is 128 cm³/mol.